The monoisotopic (exact) mass is 421 g/mol. The number of ether oxygens (including phenoxy) is 1. The minimum Gasteiger partial charge on any atom is -0.458 e. The molecule has 0 aliphatic heterocycles. The molecule has 0 radical (unpaired) electrons. The number of hydrogen-bond acceptors (Lipinski definition) is 3. The maximum absolute atomic E-state index is 13.0. The highest BCUT2D eigenvalue weighted by molar-refractivity contribution is 5.88. The van der Waals surface area contributed by atoms with E-state index >= 15 is 0 Å². The van der Waals surface area contributed by atoms with Gasteiger partial charge in [0, 0.05) is 17.7 Å². The lowest BCUT2D eigenvalue weighted by molar-refractivity contribution is -0.669. The van der Waals surface area contributed by atoms with E-state index in [0.717, 1.165) is 27.9 Å². The number of aryl methyl sites for hydroxylation is 1. The van der Waals surface area contributed by atoms with Gasteiger partial charge in [-0.2, -0.15) is 0 Å². The molecule has 0 fully saturated rings. The van der Waals surface area contributed by atoms with Gasteiger partial charge in [0.15, 0.2) is 0 Å². The van der Waals surface area contributed by atoms with Crippen LogP contribution in [-0.2, 0) is 4.74 Å². The average molecular weight is 422 g/mol. The van der Waals surface area contributed by atoms with Crippen LogP contribution in [0.4, 0.5) is 0 Å². The summed E-state index contributed by atoms with van der Waals surface area (Å²) < 4.78 is 7.05. The van der Waals surface area contributed by atoms with E-state index in [1.54, 1.807) is 17.8 Å². The Balaban J connectivity index is 1.93. The fourth-order valence-electron chi connectivity index (χ4n) is 3.45. The number of aromatic nitrogens is 1. The second-order valence-corrected chi connectivity index (χ2v) is 7.43. The van der Waals surface area contributed by atoms with Gasteiger partial charge >= 0.3 is 11.7 Å². The Morgan fingerprint density at radius 1 is 0.844 bits per heavy atom. The molecule has 0 saturated carbocycles. The van der Waals surface area contributed by atoms with Gasteiger partial charge in [-0.1, -0.05) is 78.4 Å². The van der Waals surface area contributed by atoms with Gasteiger partial charge < -0.3 is 4.74 Å². The second-order valence-electron chi connectivity index (χ2n) is 7.43. The smallest absolute Gasteiger partial charge is 0.406 e. The molecular weight excluding hydrogens is 396 g/mol. The zero-order valence-corrected chi connectivity index (χ0v) is 18.2. The van der Waals surface area contributed by atoms with Crippen LogP contribution < -0.4 is 4.68 Å². The number of carbonyl (C=O) groups excluding carboxylic acids is 1. The van der Waals surface area contributed by atoms with E-state index in [0.29, 0.717) is 5.69 Å². The van der Waals surface area contributed by atoms with Crippen molar-refractivity contribution in [2.24, 2.45) is 5.10 Å². The van der Waals surface area contributed by atoms with Gasteiger partial charge in [0.2, 0.25) is 5.69 Å². The lowest BCUT2D eigenvalue weighted by atomic mass is 10.0. The second kappa shape index (κ2) is 9.84. The number of hydrogen-bond donors (Lipinski definition) is 0. The lowest BCUT2D eigenvalue weighted by Crippen LogP contribution is -2.39. The third kappa shape index (κ3) is 4.81. The highest BCUT2D eigenvalue weighted by atomic mass is 16.5. The predicted molar refractivity (Wildman–Crippen MR) is 128 cm³/mol. The summed E-state index contributed by atoms with van der Waals surface area (Å²) in [6.07, 6.45) is 1.76. The Labute approximate surface area is 188 Å². The summed E-state index contributed by atoms with van der Waals surface area (Å²) in [6.45, 7) is 4.14. The maximum Gasteiger partial charge on any atom is 0.406 e. The number of carbonyl (C=O) groups is 1. The number of nitrogens with zero attached hydrogens (tertiary/aromatic N) is 2. The first-order valence-corrected chi connectivity index (χ1v) is 10.6. The van der Waals surface area contributed by atoms with Gasteiger partial charge in [0.25, 0.3) is 0 Å². The number of rotatable bonds is 6. The maximum atomic E-state index is 13.0. The topological polar surface area (TPSA) is 42.5 Å². The highest BCUT2D eigenvalue weighted by Gasteiger charge is 2.28. The predicted octanol–water partition coefficient (Wildman–Crippen LogP) is 5.68. The molecule has 0 amide bonds. The first kappa shape index (κ1) is 21.2. The van der Waals surface area contributed by atoms with Crippen LogP contribution in [0.1, 0.15) is 28.5 Å². The van der Waals surface area contributed by atoms with Crippen LogP contribution in [0.15, 0.2) is 102 Å². The molecule has 4 aromatic rings. The number of esters is 1. The molecule has 4 nitrogen and oxygen atoms in total. The molecule has 0 aliphatic rings. The summed E-state index contributed by atoms with van der Waals surface area (Å²) in [6, 6.07) is 31.9. The molecule has 4 rings (SSSR count). The van der Waals surface area contributed by atoms with Crippen LogP contribution in [0.2, 0.25) is 0 Å². The van der Waals surface area contributed by atoms with Crippen molar-refractivity contribution in [3.05, 3.63) is 114 Å². The van der Waals surface area contributed by atoms with E-state index in [1.807, 2.05) is 97.9 Å². The molecule has 0 bridgehead atoms. The highest BCUT2D eigenvalue weighted by Crippen LogP contribution is 2.25. The minimum absolute atomic E-state index is 0.288. The van der Waals surface area contributed by atoms with Crippen molar-refractivity contribution in [2.75, 3.05) is 6.61 Å². The van der Waals surface area contributed by atoms with Crippen molar-refractivity contribution in [3.63, 3.8) is 0 Å². The van der Waals surface area contributed by atoms with E-state index in [2.05, 4.69) is 6.07 Å². The number of benzene rings is 3. The van der Waals surface area contributed by atoms with E-state index in [1.165, 1.54) is 5.56 Å². The van der Waals surface area contributed by atoms with Crippen molar-refractivity contribution in [2.45, 2.75) is 13.8 Å². The molecular formula is C28H25N2O2+. The zero-order chi connectivity index (χ0) is 22.3. The summed E-state index contributed by atoms with van der Waals surface area (Å²) in [4.78, 5) is 13.0. The van der Waals surface area contributed by atoms with Crippen molar-refractivity contribution < 1.29 is 14.2 Å². The largest absolute Gasteiger partial charge is 0.458 e. The first-order chi connectivity index (χ1) is 15.7. The third-order valence-corrected chi connectivity index (χ3v) is 5.10. The summed E-state index contributed by atoms with van der Waals surface area (Å²) in [5.41, 5.74) is 6.20. The van der Waals surface area contributed by atoms with Crippen LogP contribution in [0, 0.1) is 6.92 Å². The SMILES string of the molecule is CCOC(=O)c1cc(-c2ccccc2)cc(-c2ccccc2)[n+]1/N=C\c1ccc(C)cc1. The Morgan fingerprint density at radius 2 is 1.47 bits per heavy atom. The first-order valence-electron chi connectivity index (χ1n) is 10.6. The quantitative estimate of drug-likeness (QED) is 0.228. The van der Waals surface area contributed by atoms with Gasteiger partial charge in [-0.05, 0) is 52.4 Å². The Bertz CT molecular complexity index is 1230. The fourth-order valence-corrected chi connectivity index (χ4v) is 3.45. The van der Waals surface area contributed by atoms with Gasteiger partial charge in [-0.25, -0.2) is 4.79 Å². The third-order valence-electron chi connectivity index (χ3n) is 5.10. The van der Waals surface area contributed by atoms with Crippen LogP contribution in [-0.4, -0.2) is 18.8 Å². The standard InChI is InChI=1S/C28H25N2O2/c1-3-32-28(31)27-19-25(23-10-6-4-7-11-23)18-26(24-12-8-5-9-13-24)30(27)29-20-22-16-14-21(2)15-17-22/h4-20H,3H2,1-2H3/q+1/b29-20-. The average Bonchev–Trinajstić information content (AvgIpc) is 2.84. The van der Waals surface area contributed by atoms with Gasteiger partial charge in [-0.3, -0.25) is 0 Å². The molecule has 0 spiro atoms. The number of pyridine rings is 1. The van der Waals surface area contributed by atoms with Gasteiger partial charge in [0.05, 0.1) is 6.61 Å². The van der Waals surface area contributed by atoms with Crippen molar-refractivity contribution in [1.29, 1.82) is 0 Å². The van der Waals surface area contributed by atoms with Crippen LogP contribution in [0.25, 0.3) is 22.4 Å². The normalized spacial score (nSPS) is 10.9. The molecule has 158 valence electrons. The van der Waals surface area contributed by atoms with E-state index in [4.69, 9.17) is 9.84 Å². The molecule has 4 heteroatoms. The Hall–Kier alpha value is -4.05. The van der Waals surface area contributed by atoms with Crippen LogP contribution >= 0.6 is 0 Å². The van der Waals surface area contributed by atoms with E-state index in [-0.39, 0.29) is 6.61 Å². The lowest BCUT2D eigenvalue weighted by Gasteiger charge is -2.08. The van der Waals surface area contributed by atoms with E-state index < -0.39 is 5.97 Å². The summed E-state index contributed by atoms with van der Waals surface area (Å²) in [5.74, 6) is -0.413. The minimum atomic E-state index is -0.413. The van der Waals surface area contributed by atoms with Crippen molar-refractivity contribution in [3.8, 4) is 22.4 Å². The Kier molecular flexibility index (Phi) is 6.52. The molecule has 1 heterocycles. The molecule has 32 heavy (non-hydrogen) atoms. The molecule has 0 saturated heterocycles. The van der Waals surface area contributed by atoms with Crippen LogP contribution in [0.5, 0.6) is 0 Å². The van der Waals surface area contributed by atoms with Crippen LogP contribution in [0.3, 0.4) is 0 Å². The molecule has 0 aliphatic carbocycles. The summed E-state index contributed by atoms with van der Waals surface area (Å²) in [7, 11) is 0. The molecule has 0 unspecified atom stereocenters. The fraction of sp³-hybridized carbons (Fsp3) is 0.107. The zero-order valence-electron chi connectivity index (χ0n) is 18.2. The van der Waals surface area contributed by atoms with Gasteiger partial charge in [0.1, 0.15) is 6.21 Å². The molecule has 0 atom stereocenters. The van der Waals surface area contributed by atoms with Crippen molar-refractivity contribution >= 4 is 12.2 Å². The molecule has 3 aromatic carbocycles. The summed E-state index contributed by atoms with van der Waals surface area (Å²) in [5, 5.41) is 4.71. The van der Waals surface area contributed by atoms with Crippen molar-refractivity contribution in [1.82, 2.24) is 0 Å². The molecule has 0 N–H and O–H groups in total. The Morgan fingerprint density at radius 3 is 2.09 bits per heavy atom. The molecule has 1 aromatic heterocycles. The van der Waals surface area contributed by atoms with E-state index in [9.17, 15) is 4.79 Å². The summed E-state index contributed by atoms with van der Waals surface area (Å²) >= 11 is 0. The van der Waals surface area contributed by atoms with Gasteiger partial charge in [-0.15, -0.1) is 0 Å².